The summed E-state index contributed by atoms with van der Waals surface area (Å²) in [4.78, 5) is 18.3. The lowest BCUT2D eigenvalue weighted by Gasteiger charge is -2.17. The van der Waals surface area contributed by atoms with Gasteiger partial charge in [0, 0.05) is 12.7 Å². The van der Waals surface area contributed by atoms with Crippen molar-refractivity contribution in [1.29, 1.82) is 0 Å². The highest BCUT2D eigenvalue weighted by molar-refractivity contribution is 8.18. The van der Waals surface area contributed by atoms with Crippen LogP contribution >= 0.6 is 11.8 Å². The van der Waals surface area contributed by atoms with Crippen LogP contribution in [-0.2, 0) is 4.79 Å². The number of carbonyl (C=O) groups excluding carboxylic acids is 1. The zero-order valence-corrected chi connectivity index (χ0v) is 13.0. The van der Waals surface area contributed by atoms with Crippen molar-refractivity contribution < 1.29 is 14.3 Å². The number of amidine groups is 1. The Morgan fingerprint density at radius 2 is 1.78 bits per heavy atom. The van der Waals surface area contributed by atoms with Crippen LogP contribution < -0.4 is 4.90 Å². The molecule has 4 nitrogen and oxygen atoms in total. The van der Waals surface area contributed by atoms with E-state index in [1.807, 2.05) is 0 Å². The molecule has 2 aromatic carbocycles. The van der Waals surface area contributed by atoms with Crippen LogP contribution in [0.25, 0.3) is 6.08 Å². The predicted octanol–water partition coefficient (Wildman–Crippen LogP) is 3.64. The van der Waals surface area contributed by atoms with E-state index < -0.39 is 0 Å². The fourth-order valence-electron chi connectivity index (χ4n) is 2.04. The van der Waals surface area contributed by atoms with Gasteiger partial charge in [-0.3, -0.25) is 4.79 Å². The third kappa shape index (κ3) is 3.43. The number of halogens is 1. The van der Waals surface area contributed by atoms with E-state index in [0.29, 0.717) is 10.1 Å². The van der Waals surface area contributed by atoms with Gasteiger partial charge in [0.1, 0.15) is 11.6 Å². The molecule has 116 valence electrons. The SMILES string of the molecule is CN(C1=NC(=O)/C(=C\c2ccc(F)cc2)S1)c1ccc(O)cc1. The number of thioether (sulfide) groups is 1. The van der Waals surface area contributed by atoms with Crippen molar-refractivity contribution >= 4 is 34.6 Å². The maximum absolute atomic E-state index is 12.9. The number of rotatable bonds is 2. The number of nitrogens with zero attached hydrogens (tertiary/aromatic N) is 2. The molecule has 1 amide bonds. The van der Waals surface area contributed by atoms with Crippen molar-refractivity contribution in [3.05, 3.63) is 64.8 Å². The number of aromatic hydroxyl groups is 1. The first-order valence-electron chi connectivity index (χ1n) is 6.84. The molecule has 0 saturated carbocycles. The quantitative estimate of drug-likeness (QED) is 0.855. The van der Waals surface area contributed by atoms with Crippen molar-refractivity contribution in [2.24, 2.45) is 4.99 Å². The van der Waals surface area contributed by atoms with Gasteiger partial charge in [-0.2, -0.15) is 4.99 Å². The van der Waals surface area contributed by atoms with Gasteiger partial charge in [0.15, 0.2) is 5.17 Å². The van der Waals surface area contributed by atoms with E-state index in [9.17, 15) is 14.3 Å². The number of benzene rings is 2. The molecule has 0 saturated heterocycles. The van der Waals surface area contributed by atoms with E-state index in [4.69, 9.17) is 0 Å². The third-order valence-electron chi connectivity index (χ3n) is 3.30. The van der Waals surface area contributed by atoms with E-state index in [1.165, 1.54) is 23.9 Å². The topological polar surface area (TPSA) is 52.9 Å². The van der Waals surface area contributed by atoms with Crippen LogP contribution in [0.4, 0.5) is 10.1 Å². The van der Waals surface area contributed by atoms with Gasteiger partial charge in [-0.15, -0.1) is 0 Å². The first-order chi connectivity index (χ1) is 11.0. The summed E-state index contributed by atoms with van der Waals surface area (Å²) in [5, 5.41) is 9.88. The molecule has 6 heteroatoms. The lowest BCUT2D eigenvalue weighted by Crippen LogP contribution is -2.21. The van der Waals surface area contributed by atoms with E-state index in [2.05, 4.69) is 4.99 Å². The minimum atomic E-state index is -0.319. The molecule has 2 aromatic rings. The summed E-state index contributed by atoms with van der Waals surface area (Å²) in [6, 6.07) is 12.5. The Balaban J connectivity index is 1.79. The van der Waals surface area contributed by atoms with Gasteiger partial charge in [-0.1, -0.05) is 12.1 Å². The van der Waals surface area contributed by atoms with Crippen LogP contribution in [0.15, 0.2) is 58.4 Å². The second-order valence-electron chi connectivity index (χ2n) is 4.94. The largest absolute Gasteiger partial charge is 0.508 e. The zero-order chi connectivity index (χ0) is 16.4. The van der Waals surface area contributed by atoms with Crippen molar-refractivity contribution in [3.8, 4) is 5.75 Å². The van der Waals surface area contributed by atoms with Gasteiger partial charge >= 0.3 is 0 Å². The van der Waals surface area contributed by atoms with E-state index in [0.717, 1.165) is 11.3 Å². The van der Waals surface area contributed by atoms with Gasteiger partial charge in [-0.05, 0) is 59.8 Å². The molecule has 1 N–H and O–H groups in total. The molecule has 0 atom stereocenters. The molecule has 0 aromatic heterocycles. The Bertz CT molecular complexity index is 798. The van der Waals surface area contributed by atoms with E-state index >= 15 is 0 Å². The number of hydrogen-bond donors (Lipinski definition) is 1. The average Bonchev–Trinajstić information content (AvgIpc) is 2.91. The van der Waals surface area contributed by atoms with E-state index in [1.54, 1.807) is 54.4 Å². The summed E-state index contributed by atoms with van der Waals surface area (Å²) in [7, 11) is 1.80. The van der Waals surface area contributed by atoms with Crippen molar-refractivity contribution in [1.82, 2.24) is 0 Å². The summed E-state index contributed by atoms with van der Waals surface area (Å²) < 4.78 is 12.9. The monoisotopic (exact) mass is 328 g/mol. The molecule has 1 aliphatic rings. The molecule has 1 aliphatic heterocycles. The molecular weight excluding hydrogens is 315 g/mol. The Labute approximate surface area is 137 Å². The molecule has 0 spiro atoms. The van der Waals surface area contributed by atoms with Gasteiger partial charge in [0.2, 0.25) is 0 Å². The summed E-state index contributed by atoms with van der Waals surface area (Å²) in [6.45, 7) is 0. The molecule has 0 bridgehead atoms. The molecule has 23 heavy (non-hydrogen) atoms. The number of anilines is 1. The highest BCUT2D eigenvalue weighted by atomic mass is 32.2. The van der Waals surface area contributed by atoms with Crippen LogP contribution in [0, 0.1) is 5.82 Å². The highest BCUT2D eigenvalue weighted by Crippen LogP contribution is 2.32. The zero-order valence-electron chi connectivity index (χ0n) is 12.2. The van der Waals surface area contributed by atoms with E-state index in [-0.39, 0.29) is 17.5 Å². The van der Waals surface area contributed by atoms with Crippen LogP contribution in [0.2, 0.25) is 0 Å². The number of phenols is 1. The average molecular weight is 328 g/mol. The van der Waals surface area contributed by atoms with Crippen molar-refractivity contribution in [3.63, 3.8) is 0 Å². The number of hydrogen-bond acceptors (Lipinski definition) is 4. The summed E-state index contributed by atoms with van der Waals surface area (Å²) >= 11 is 1.26. The molecule has 0 radical (unpaired) electrons. The van der Waals surface area contributed by atoms with Crippen LogP contribution in [0.1, 0.15) is 5.56 Å². The normalized spacial score (nSPS) is 15.8. The number of phenolic OH excluding ortho intramolecular Hbond substituents is 1. The van der Waals surface area contributed by atoms with Crippen LogP contribution in [-0.4, -0.2) is 23.2 Å². The Morgan fingerprint density at radius 1 is 1.13 bits per heavy atom. The molecule has 0 unspecified atom stereocenters. The fraction of sp³-hybridized carbons (Fsp3) is 0.0588. The van der Waals surface area contributed by atoms with Gasteiger partial charge < -0.3 is 10.0 Å². The van der Waals surface area contributed by atoms with Gasteiger partial charge in [0.25, 0.3) is 5.91 Å². The summed E-state index contributed by atoms with van der Waals surface area (Å²) in [6.07, 6.45) is 1.69. The number of aliphatic imine (C=N–C) groups is 1. The number of carbonyl (C=O) groups is 1. The maximum atomic E-state index is 12.9. The Morgan fingerprint density at radius 3 is 2.43 bits per heavy atom. The number of amides is 1. The van der Waals surface area contributed by atoms with Crippen LogP contribution in [0.5, 0.6) is 5.75 Å². The lowest BCUT2D eigenvalue weighted by molar-refractivity contribution is -0.113. The summed E-state index contributed by atoms with van der Waals surface area (Å²) in [5.41, 5.74) is 1.55. The third-order valence-corrected chi connectivity index (χ3v) is 4.36. The van der Waals surface area contributed by atoms with Crippen molar-refractivity contribution in [2.45, 2.75) is 0 Å². The highest BCUT2D eigenvalue weighted by Gasteiger charge is 2.25. The van der Waals surface area contributed by atoms with Crippen LogP contribution in [0.3, 0.4) is 0 Å². The Hall–Kier alpha value is -2.60. The van der Waals surface area contributed by atoms with Crippen molar-refractivity contribution in [2.75, 3.05) is 11.9 Å². The molecule has 3 rings (SSSR count). The molecule has 1 heterocycles. The minimum absolute atomic E-state index is 0.177. The summed E-state index contributed by atoms with van der Waals surface area (Å²) in [5.74, 6) is -0.461. The fourth-order valence-corrected chi connectivity index (χ4v) is 2.93. The minimum Gasteiger partial charge on any atom is -0.508 e. The van der Waals surface area contributed by atoms with Gasteiger partial charge in [-0.25, -0.2) is 4.39 Å². The standard InChI is InChI=1S/C17H13FN2O2S/c1-20(13-6-8-14(21)9-7-13)17-19-16(22)15(23-17)10-11-2-4-12(18)5-3-11/h2-10,21H,1H3/b15-10+. The first-order valence-corrected chi connectivity index (χ1v) is 7.65. The Kier molecular flexibility index (Phi) is 4.16. The molecular formula is C17H13FN2O2S. The smallest absolute Gasteiger partial charge is 0.286 e. The van der Waals surface area contributed by atoms with Gasteiger partial charge in [0.05, 0.1) is 4.91 Å². The predicted molar refractivity (Wildman–Crippen MR) is 90.9 cm³/mol. The maximum Gasteiger partial charge on any atom is 0.286 e. The second kappa shape index (κ2) is 6.26. The lowest BCUT2D eigenvalue weighted by atomic mass is 10.2. The molecule has 0 aliphatic carbocycles. The molecule has 0 fully saturated rings. The second-order valence-corrected chi connectivity index (χ2v) is 5.95. The first kappa shape index (κ1) is 15.3.